The second-order valence-electron chi connectivity index (χ2n) is 4.79. The topological polar surface area (TPSA) is 54.5 Å². The third kappa shape index (κ3) is 3.84. The van der Waals surface area contributed by atoms with E-state index in [0.29, 0.717) is 6.61 Å². The first-order chi connectivity index (χ1) is 9.19. The Kier molecular flexibility index (Phi) is 4.60. The predicted octanol–water partition coefficient (Wildman–Crippen LogP) is 2.10. The van der Waals surface area contributed by atoms with Gasteiger partial charge in [-0.2, -0.15) is 0 Å². The van der Waals surface area contributed by atoms with Crippen molar-refractivity contribution < 1.29 is 9.53 Å². The minimum Gasteiger partial charge on any atom is -0.450 e. The maximum absolute atomic E-state index is 11.4. The molecule has 0 bridgehead atoms. The van der Waals surface area contributed by atoms with Crippen LogP contribution in [0.1, 0.15) is 25.5 Å². The van der Waals surface area contributed by atoms with E-state index in [-0.39, 0.29) is 12.1 Å². The van der Waals surface area contributed by atoms with Crippen LogP contribution in [0.5, 0.6) is 0 Å². The summed E-state index contributed by atoms with van der Waals surface area (Å²) in [5.74, 6) is 0.982. The molecule has 0 radical (unpaired) electrons. The number of aromatic nitrogens is 1. The summed E-state index contributed by atoms with van der Waals surface area (Å²) in [6.07, 6.45) is 1.71. The maximum Gasteiger partial charge on any atom is 0.407 e. The number of alkyl carbamates (subject to hydrolysis) is 1. The number of rotatable bonds is 3. The largest absolute Gasteiger partial charge is 0.450 e. The summed E-state index contributed by atoms with van der Waals surface area (Å²) in [5, 5.41) is 2.90. The third-order valence-corrected chi connectivity index (χ3v) is 3.22. The average molecular weight is 263 g/mol. The molecule has 104 valence electrons. The molecule has 1 atom stereocenters. The predicted molar refractivity (Wildman–Crippen MR) is 74.4 cm³/mol. The molecule has 1 aromatic rings. The van der Waals surface area contributed by atoms with Gasteiger partial charge in [-0.05, 0) is 38.8 Å². The van der Waals surface area contributed by atoms with Gasteiger partial charge in [0.25, 0.3) is 0 Å². The molecular formula is C14H21N3O2. The molecule has 0 aliphatic carbocycles. The molecule has 5 heteroatoms. The van der Waals surface area contributed by atoms with E-state index < -0.39 is 0 Å². The van der Waals surface area contributed by atoms with E-state index in [1.165, 1.54) is 0 Å². The summed E-state index contributed by atoms with van der Waals surface area (Å²) >= 11 is 0. The SMILES string of the molecule is CCOC(=O)N[C@H]1CCCN(c2cccc(C)n2)C1. The van der Waals surface area contributed by atoms with Crippen LogP contribution in [0.2, 0.25) is 0 Å². The molecule has 5 nitrogen and oxygen atoms in total. The van der Waals surface area contributed by atoms with Gasteiger partial charge in [0.1, 0.15) is 5.82 Å². The number of anilines is 1. The molecule has 2 heterocycles. The summed E-state index contributed by atoms with van der Waals surface area (Å²) in [5.41, 5.74) is 1.01. The first kappa shape index (κ1) is 13.6. The second kappa shape index (κ2) is 6.41. The highest BCUT2D eigenvalue weighted by Gasteiger charge is 2.22. The molecule has 0 unspecified atom stereocenters. The molecular weight excluding hydrogens is 242 g/mol. The van der Waals surface area contributed by atoms with Gasteiger partial charge in [0.05, 0.1) is 6.61 Å². The molecule has 1 fully saturated rings. The van der Waals surface area contributed by atoms with Gasteiger partial charge in [-0.15, -0.1) is 0 Å². The lowest BCUT2D eigenvalue weighted by Gasteiger charge is -2.33. The minimum atomic E-state index is -0.327. The van der Waals surface area contributed by atoms with Crippen LogP contribution in [-0.4, -0.2) is 36.8 Å². The Bertz CT molecular complexity index is 436. The summed E-state index contributed by atoms with van der Waals surface area (Å²) < 4.78 is 4.92. The van der Waals surface area contributed by atoms with Crippen LogP contribution >= 0.6 is 0 Å². The number of carbonyl (C=O) groups excluding carboxylic acids is 1. The zero-order chi connectivity index (χ0) is 13.7. The van der Waals surface area contributed by atoms with E-state index in [1.807, 2.05) is 32.0 Å². The van der Waals surface area contributed by atoms with Crippen LogP contribution in [0.3, 0.4) is 0 Å². The van der Waals surface area contributed by atoms with Crippen molar-refractivity contribution in [1.29, 1.82) is 0 Å². The van der Waals surface area contributed by atoms with Crippen LogP contribution < -0.4 is 10.2 Å². The first-order valence-electron chi connectivity index (χ1n) is 6.81. The number of amides is 1. The number of carbonyl (C=O) groups is 1. The molecule has 0 aromatic carbocycles. The summed E-state index contributed by atoms with van der Waals surface area (Å²) in [6, 6.07) is 6.15. The zero-order valence-electron chi connectivity index (χ0n) is 11.6. The molecule has 0 saturated carbocycles. The van der Waals surface area contributed by atoms with Gasteiger partial charge in [0.2, 0.25) is 0 Å². The number of nitrogens with zero attached hydrogens (tertiary/aromatic N) is 2. The standard InChI is InChI=1S/C14H21N3O2/c1-3-19-14(18)16-12-7-5-9-17(10-12)13-8-4-6-11(2)15-13/h4,6,8,12H,3,5,7,9-10H2,1-2H3,(H,16,18)/t12-/m0/s1. The van der Waals surface area contributed by atoms with Crippen molar-refractivity contribution in [3.63, 3.8) is 0 Å². The van der Waals surface area contributed by atoms with Gasteiger partial charge in [-0.1, -0.05) is 6.07 Å². The number of hydrogen-bond acceptors (Lipinski definition) is 4. The van der Waals surface area contributed by atoms with E-state index in [4.69, 9.17) is 4.74 Å². The normalized spacial score (nSPS) is 19.1. The molecule has 1 aliphatic rings. The smallest absolute Gasteiger partial charge is 0.407 e. The number of aryl methyl sites for hydroxylation is 1. The number of pyridine rings is 1. The van der Waals surface area contributed by atoms with Crippen molar-refractivity contribution in [2.45, 2.75) is 32.7 Å². The molecule has 1 saturated heterocycles. The van der Waals surface area contributed by atoms with Gasteiger partial charge in [0.15, 0.2) is 0 Å². The van der Waals surface area contributed by atoms with Crippen LogP contribution in [0.25, 0.3) is 0 Å². The van der Waals surface area contributed by atoms with Crippen LogP contribution in [0.4, 0.5) is 10.6 Å². The summed E-state index contributed by atoms with van der Waals surface area (Å²) in [7, 11) is 0. The van der Waals surface area contributed by atoms with Gasteiger partial charge in [-0.25, -0.2) is 9.78 Å². The fourth-order valence-corrected chi connectivity index (χ4v) is 2.35. The number of piperidine rings is 1. The molecule has 1 aromatic heterocycles. The quantitative estimate of drug-likeness (QED) is 0.907. The monoisotopic (exact) mass is 263 g/mol. The Morgan fingerprint density at radius 1 is 1.58 bits per heavy atom. The van der Waals surface area contributed by atoms with Crippen molar-refractivity contribution >= 4 is 11.9 Å². The van der Waals surface area contributed by atoms with Crippen LogP contribution in [-0.2, 0) is 4.74 Å². The molecule has 0 spiro atoms. The third-order valence-electron chi connectivity index (χ3n) is 3.22. The fraction of sp³-hybridized carbons (Fsp3) is 0.571. The Balaban J connectivity index is 1.95. The van der Waals surface area contributed by atoms with E-state index >= 15 is 0 Å². The Labute approximate surface area is 114 Å². The van der Waals surface area contributed by atoms with Crippen LogP contribution in [0, 0.1) is 6.92 Å². The van der Waals surface area contributed by atoms with Crippen molar-refractivity contribution in [3.8, 4) is 0 Å². The van der Waals surface area contributed by atoms with Crippen molar-refractivity contribution in [2.75, 3.05) is 24.6 Å². The first-order valence-corrected chi connectivity index (χ1v) is 6.81. The molecule has 1 N–H and O–H groups in total. The van der Waals surface area contributed by atoms with Crippen molar-refractivity contribution in [2.24, 2.45) is 0 Å². The Hall–Kier alpha value is -1.78. The molecule has 1 aliphatic heterocycles. The van der Waals surface area contributed by atoms with Gasteiger partial charge in [0, 0.05) is 24.8 Å². The lowest BCUT2D eigenvalue weighted by atomic mass is 10.1. The van der Waals surface area contributed by atoms with E-state index in [1.54, 1.807) is 0 Å². The van der Waals surface area contributed by atoms with Crippen molar-refractivity contribution in [1.82, 2.24) is 10.3 Å². The summed E-state index contributed by atoms with van der Waals surface area (Å²) in [4.78, 5) is 18.2. The lowest BCUT2D eigenvalue weighted by molar-refractivity contribution is 0.146. The highest BCUT2D eigenvalue weighted by Crippen LogP contribution is 2.18. The Morgan fingerprint density at radius 2 is 2.42 bits per heavy atom. The summed E-state index contributed by atoms with van der Waals surface area (Å²) in [6.45, 7) is 5.97. The van der Waals surface area contributed by atoms with Gasteiger partial charge in [-0.3, -0.25) is 0 Å². The van der Waals surface area contributed by atoms with Crippen LogP contribution in [0.15, 0.2) is 18.2 Å². The minimum absolute atomic E-state index is 0.134. The number of ether oxygens (including phenoxy) is 1. The number of hydrogen-bond donors (Lipinski definition) is 1. The Morgan fingerprint density at radius 3 is 3.16 bits per heavy atom. The van der Waals surface area contributed by atoms with E-state index in [2.05, 4.69) is 15.2 Å². The van der Waals surface area contributed by atoms with Gasteiger partial charge >= 0.3 is 6.09 Å². The maximum atomic E-state index is 11.4. The highest BCUT2D eigenvalue weighted by atomic mass is 16.5. The molecule has 1 amide bonds. The van der Waals surface area contributed by atoms with Gasteiger partial charge < -0.3 is 15.0 Å². The molecule has 19 heavy (non-hydrogen) atoms. The second-order valence-corrected chi connectivity index (χ2v) is 4.79. The number of nitrogens with one attached hydrogen (secondary N) is 1. The van der Waals surface area contributed by atoms with E-state index in [0.717, 1.165) is 37.4 Å². The van der Waals surface area contributed by atoms with Crippen molar-refractivity contribution in [3.05, 3.63) is 23.9 Å². The molecule has 2 rings (SSSR count). The average Bonchev–Trinajstić information content (AvgIpc) is 2.39. The fourth-order valence-electron chi connectivity index (χ4n) is 2.35. The zero-order valence-corrected chi connectivity index (χ0v) is 11.6. The lowest BCUT2D eigenvalue weighted by Crippen LogP contribution is -2.48. The van der Waals surface area contributed by atoms with E-state index in [9.17, 15) is 4.79 Å². The highest BCUT2D eigenvalue weighted by molar-refractivity contribution is 5.67.